The fourth-order valence-corrected chi connectivity index (χ4v) is 10.9. The fourth-order valence-electron chi connectivity index (χ4n) is 8.26. The molecule has 4 fully saturated rings. The van der Waals surface area contributed by atoms with E-state index < -0.39 is 54.7 Å². The van der Waals surface area contributed by atoms with Crippen molar-refractivity contribution in [2.45, 2.75) is 119 Å². The van der Waals surface area contributed by atoms with Crippen molar-refractivity contribution in [3.05, 3.63) is 24.3 Å². The number of fused-ring (bicyclic) bond motifs is 4. The molecule has 4 aliphatic rings. The zero-order valence-electron chi connectivity index (χ0n) is 32.2. The van der Waals surface area contributed by atoms with Gasteiger partial charge < -0.3 is 20.9 Å². The largest absolute Gasteiger partial charge is 0.465 e. The van der Waals surface area contributed by atoms with Gasteiger partial charge in [-0.15, -0.1) is 13.2 Å². The zero-order valence-corrected chi connectivity index (χ0v) is 33.8. The van der Waals surface area contributed by atoms with Gasteiger partial charge in [0.25, 0.3) is 20.2 Å². The summed E-state index contributed by atoms with van der Waals surface area (Å²) in [5, 5.41) is 0. The van der Waals surface area contributed by atoms with Crippen LogP contribution in [0.2, 0.25) is 0 Å². The summed E-state index contributed by atoms with van der Waals surface area (Å²) in [7, 11) is -8.15. The lowest BCUT2D eigenvalue weighted by Gasteiger charge is -2.35. The van der Waals surface area contributed by atoms with Crippen molar-refractivity contribution in [1.82, 2.24) is 0 Å². The molecule has 0 radical (unpaired) electrons. The van der Waals surface area contributed by atoms with E-state index in [4.69, 9.17) is 30.0 Å². The third-order valence-electron chi connectivity index (χ3n) is 11.5. The number of carbonyl (C=O) groups is 4. The second-order valence-electron chi connectivity index (χ2n) is 15.8. The first kappa shape index (κ1) is 47.5. The normalized spacial score (nSPS) is 27.5. The van der Waals surface area contributed by atoms with E-state index in [1.165, 1.54) is 0 Å². The van der Waals surface area contributed by atoms with Crippen LogP contribution in [0.3, 0.4) is 0 Å². The minimum atomic E-state index is -4.08. The smallest absolute Gasteiger partial charge is 0.323 e. The van der Waals surface area contributed by atoms with Crippen molar-refractivity contribution in [2.75, 3.05) is 24.7 Å². The van der Waals surface area contributed by atoms with Gasteiger partial charge in [0.2, 0.25) is 0 Å². The third-order valence-corrected chi connectivity index (χ3v) is 13.2. The number of hydrogen-bond donors (Lipinski definition) is 4. The van der Waals surface area contributed by atoms with Crippen molar-refractivity contribution in [3.8, 4) is 0 Å². The van der Waals surface area contributed by atoms with E-state index in [1.807, 2.05) is 41.5 Å². The molecule has 14 nitrogen and oxygen atoms in total. The summed E-state index contributed by atoms with van der Waals surface area (Å²) < 4.78 is 71.4. The number of nitrogens with two attached hydrogens (primary N) is 2. The standard InChI is InChI=1S/2C10H16O4S.2C8H15NO2/c2*1-9(2)7-3-4-10(9,8(11)5-7)6-15(12,13)14;2*1-4-11-8(10)7(9)5-6(2)3/h2*7H,3-6H2,1-2H3,(H,12,13,14);2*7H,2,4-5,9H2,1,3H3/t2*7-,10-;2*7-/m1010/s1. The lowest BCUT2D eigenvalue weighted by Crippen LogP contribution is -2.42. The van der Waals surface area contributed by atoms with Gasteiger partial charge in [0, 0.05) is 12.8 Å². The highest BCUT2D eigenvalue weighted by molar-refractivity contribution is 7.86. The van der Waals surface area contributed by atoms with Crippen LogP contribution in [0, 0.1) is 33.5 Å². The summed E-state index contributed by atoms with van der Waals surface area (Å²) >= 11 is 0. The molecule has 16 heteroatoms. The Kier molecular flexibility index (Phi) is 16.6. The number of carbonyl (C=O) groups excluding carboxylic acids is 4. The Morgan fingerprint density at radius 2 is 1.02 bits per heavy atom. The van der Waals surface area contributed by atoms with Gasteiger partial charge in [-0.1, -0.05) is 38.8 Å². The van der Waals surface area contributed by atoms with Gasteiger partial charge in [-0.2, -0.15) is 16.8 Å². The van der Waals surface area contributed by atoms with Crippen LogP contribution in [0.25, 0.3) is 0 Å². The molecule has 0 unspecified atom stereocenters. The summed E-state index contributed by atoms with van der Waals surface area (Å²) in [4.78, 5) is 45.5. The molecule has 0 aliphatic heterocycles. The SMILES string of the molecule is C=C(C)C[C@@H](N)C(=O)OCC.C=C(C)C[C@H](N)C(=O)OCC.CC1(C)[C@@H]2CC[C@@]1(CS(=O)(=O)O)C(=O)C2.CC1(C)[C@H]2CC[C@]1(CS(=O)(=O)O)C(=O)C2. The van der Waals surface area contributed by atoms with E-state index >= 15 is 0 Å². The Balaban J connectivity index is 0.000000352. The maximum Gasteiger partial charge on any atom is 0.323 e. The maximum atomic E-state index is 11.9. The van der Waals surface area contributed by atoms with Gasteiger partial charge in [0.15, 0.2) is 0 Å². The number of rotatable bonds is 12. The molecular weight excluding hydrogens is 717 g/mol. The van der Waals surface area contributed by atoms with Gasteiger partial charge in [0.05, 0.1) is 35.5 Å². The summed E-state index contributed by atoms with van der Waals surface area (Å²) in [6.07, 6.45) is 4.94. The van der Waals surface area contributed by atoms with Gasteiger partial charge in [0.1, 0.15) is 23.7 Å². The number of Topliss-reactive ketones (excluding diaryl/α,β-unsaturated/α-hetero) is 2. The van der Waals surface area contributed by atoms with Gasteiger partial charge in [-0.05, 0) is 88.9 Å². The minimum Gasteiger partial charge on any atom is -0.465 e. The lowest BCUT2D eigenvalue weighted by atomic mass is 9.70. The molecule has 0 aromatic heterocycles. The Bertz CT molecular complexity index is 1450. The summed E-state index contributed by atoms with van der Waals surface area (Å²) in [5.41, 5.74) is 10.5. The number of ether oxygens (including phenoxy) is 2. The average Bonchev–Trinajstić information content (AvgIpc) is 3.49. The van der Waals surface area contributed by atoms with Crippen LogP contribution in [-0.4, -0.2) is 86.2 Å². The average molecular weight is 779 g/mol. The van der Waals surface area contributed by atoms with E-state index in [9.17, 15) is 36.0 Å². The molecule has 4 saturated carbocycles. The molecule has 52 heavy (non-hydrogen) atoms. The summed E-state index contributed by atoms with van der Waals surface area (Å²) in [6.45, 7) is 23.0. The molecule has 300 valence electrons. The fraction of sp³-hybridized carbons (Fsp3) is 0.778. The highest BCUT2D eigenvalue weighted by Gasteiger charge is 2.66. The van der Waals surface area contributed by atoms with E-state index in [-0.39, 0.29) is 46.2 Å². The van der Waals surface area contributed by atoms with Crippen LogP contribution in [0.1, 0.15) is 107 Å². The van der Waals surface area contributed by atoms with Crippen molar-refractivity contribution in [1.29, 1.82) is 0 Å². The molecule has 6 N–H and O–H groups in total. The van der Waals surface area contributed by atoms with Crippen molar-refractivity contribution < 1.29 is 54.6 Å². The maximum absolute atomic E-state index is 11.9. The quantitative estimate of drug-likeness (QED) is 0.123. The minimum absolute atomic E-state index is 0.0152. The molecule has 4 rings (SSSR count). The third kappa shape index (κ3) is 11.7. The molecule has 0 aromatic rings. The Labute approximate surface area is 310 Å². The highest BCUT2D eigenvalue weighted by atomic mass is 32.2. The highest BCUT2D eigenvalue weighted by Crippen LogP contribution is 2.65. The first-order valence-electron chi connectivity index (χ1n) is 17.6. The number of hydrogen-bond acceptors (Lipinski definition) is 12. The topological polar surface area (TPSA) is 248 Å². The molecule has 0 aromatic carbocycles. The van der Waals surface area contributed by atoms with Crippen LogP contribution in [0.15, 0.2) is 24.3 Å². The van der Waals surface area contributed by atoms with E-state index in [0.717, 1.165) is 24.0 Å². The van der Waals surface area contributed by atoms with Crippen molar-refractivity contribution in [3.63, 3.8) is 0 Å². The van der Waals surface area contributed by atoms with Crippen molar-refractivity contribution >= 4 is 43.7 Å². The van der Waals surface area contributed by atoms with Crippen LogP contribution < -0.4 is 11.5 Å². The molecule has 0 amide bonds. The molecule has 6 atom stereocenters. The first-order valence-corrected chi connectivity index (χ1v) is 20.9. The zero-order chi connectivity index (χ0) is 40.7. The van der Waals surface area contributed by atoms with Crippen LogP contribution in [0.5, 0.6) is 0 Å². The molecule has 0 heterocycles. The van der Waals surface area contributed by atoms with Gasteiger partial charge in [-0.3, -0.25) is 28.3 Å². The second kappa shape index (κ2) is 18.2. The van der Waals surface area contributed by atoms with E-state index in [2.05, 4.69) is 13.2 Å². The molecule has 4 aliphatic carbocycles. The van der Waals surface area contributed by atoms with Gasteiger partial charge >= 0.3 is 11.9 Å². The van der Waals surface area contributed by atoms with Gasteiger partial charge in [-0.25, -0.2) is 0 Å². The monoisotopic (exact) mass is 778 g/mol. The van der Waals surface area contributed by atoms with Crippen molar-refractivity contribution in [2.24, 2.45) is 45.0 Å². The Morgan fingerprint density at radius 1 is 0.731 bits per heavy atom. The second-order valence-corrected chi connectivity index (χ2v) is 18.7. The van der Waals surface area contributed by atoms with Crippen LogP contribution in [0.4, 0.5) is 0 Å². The van der Waals surface area contributed by atoms with Crippen LogP contribution in [-0.2, 0) is 48.9 Å². The van der Waals surface area contributed by atoms with E-state index in [0.29, 0.717) is 51.7 Å². The van der Waals surface area contributed by atoms with E-state index in [1.54, 1.807) is 13.8 Å². The Morgan fingerprint density at radius 3 is 1.19 bits per heavy atom. The predicted molar refractivity (Wildman–Crippen MR) is 198 cm³/mol. The molecule has 0 saturated heterocycles. The molecule has 0 spiro atoms. The molecular formula is C36H62N2O12S2. The number of ketones is 2. The number of esters is 2. The lowest BCUT2D eigenvalue weighted by molar-refractivity contribution is -0.145. The summed E-state index contributed by atoms with van der Waals surface area (Å²) in [5.74, 6) is -0.905. The predicted octanol–water partition coefficient (Wildman–Crippen LogP) is 4.23. The van der Waals surface area contributed by atoms with Crippen LogP contribution >= 0.6 is 0 Å². The first-order chi connectivity index (χ1) is 23.5. The Hall–Kier alpha value is -2.50. The molecule has 4 bridgehead atoms. The summed E-state index contributed by atoms with van der Waals surface area (Å²) in [6, 6.07) is -1.10.